The van der Waals surface area contributed by atoms with Crippen LogP contribution in [0, 0.1) is 34.0 Å². The van der Waals surface area contributed by atoms with E-state index in [1.807, 2.05) is 13.0 Å². The van der Waals surface area contributed by atoms with Gasteiger partial charge in [0.25, 0.3) is 0 Å². The van der Waals surface area contributed by atoms with Crippen molar-refractivity contribution in [2.24, 2.45) is 34.0 Å². The highest BCUT2D eigenvalue weighted by molar-refractivity contribution is 7.99. The van der Waals surface area contributed by atoms with Crippen molar-refractivity contribution in [1.29, 1.82) is 0 Å². The van der Waals surface area contributed by atoms with Gasteiger partial charge in [-0.2, -0.15) is 0 Å². The van der Waals surface area contributed by atoms with E-state index in [4.69, 9.17) is 4.74 Å². The van der Waals surface area contributed by atoms with Crippen LogP contribution in [0.15, 0.2) is 12.7 Å². The second kappa shape index (κ2) is 10.6. The van der Waals surface area contributed by atoms with E-state index < -0.39 is 23.0 Å². The average Bonchev–Trinajstić information content (AvgIpc) is 3.19. The number of thioether (sulfide) groups is 1. The zero-order valence-corrected chi connectivity index (χ0v) is 23.1. The van der Waals surface area contributed by atoms with Gasteiger partial charge in [-0.05, 0) is 56.0 Å². The predicted octanol–water partition coefficient (Wildman–Crippen LogP) is 4.97. The quantitative estimate of drug-likeness (QED) is 0.278. The predicted molar refractivity (Wildman–Crippen MR) is 140 cm³/mol. The van der Waals surface area contributed by atoms with Crippen LogP contribution in [-0.4, -0.2) is 65.1 Å². The molecule has 3 aliphatic rings. The van der Waals surface area contributed by atoms with Gasteiger partial charge in [0.1, 0.15) is 11.9 Å². The van der Waals surface area contributed by atoms with Gasteiger partial charge in [-0.25, -0.2) is 0 Å². The van der Waals surface area contributed by atoms with E-state index in [9.17, 15) is 14.7 Å². The topological polar surface area (TPSA) is 66.8 Å². The first-order valence-electron chi connectivity index (χ1n) is 13.3. The Bertz CT molecular complexity index is 770. The fourth-order valence-electron chi connectivity index (χ4n) is 7.75. The molecular weight excluding hydrogens is 446 g/mol. The minimum absolute atomic E-state index is 0.0196. The maximum Gasteiger partial charge on any atom is 0.316 e. The summed E-state index contributed by atoms with van der Waals surface area (Å²) in [6, 6.07) is 0. The standard InChI is InChI=1S/C28H47NO4S/c1-8-26(6)17-22(33-23(31)18-34-16-15-29(9-2)10-3)27(7)13-11-19(4)28(20(5)25(26)32)14-12-21(30)24(27)28/h8,19-20,22,24-25,32H,1,9-18H2,2-7H3/t19-,20+,22-,24+,25-,26+,27+,28-/m0/s1. The van der Waals surface area contributed by atoms with Gasteiger partial charge >= 0.3 is 5.97 Å². The van der Waals surface area contributed by atoms with Gasteiger partial charge in [-0.15, -0.1) is 18.3 Å². The number of Topliss-reactive ketones (excluding diaryl/α,β-unsaturated/α-hetero) is 1. The van der Waals surface area contributed by atoms with Crippen LogP contribution in [0.1, 0.15) is 73.6 Å². The van der Waals surface area contributed by atoms with Gasteiger partial charge in [-0.1, -0.05) is 47.6 Å². The number of carbonyl (C=O) groups excluding carboxylic acids is 2. The molecular formula is C28H47NO4S. The molecule has 34 heavy (non-hydrogen) atoms. The number of carbonyl (C=O) groups is 2. The van der Waals surface area contributed by atoms with Crippen LogP contribution in [0.3, 0.4) is 0 Å². The number of aliphatic hydroxyl groups excluding tert-OH is 1. The number of esters is 1. The van der Waals surface area contributed by atoms with Crippen LogP contribution in [0.2, 0.25) is 0 Å². The van der Waals surface area contributed by atoms with Gasteiger partial charge in [-0.3, -0.25) is 9.59 Å². The molecule has 0 amide bonds. The Morgan fingerprint density at radius 1 is 1.26 bits per heavy atom. The molecule has 0 aromatic carbocycles. The van der Waals surface area contributed by atoms with E-state index in [0.717, 1.165) is 44.6 Å². The molecule has 0 aromatic heterocycles. The summed E-state index contributed by atoms with van der Waals surface area (Å²) in [5.41, 5.74) is -1.25. The maximum atomic E-state index is 13.4. The Kier molecular flexibility index (Phi) is 8.68. The fourth-order valence-corrected chi connectivity index (χ4v) is 8.51. The zero-order valence-electron chi connectivity index (χ0n) is 22.3. The molecule has 0 heterocycles. The van der Waals surface area contributed by atoms with Gasteiger partial charge in [0.2, 0.25) is 0 Å². The second-order valence-electron chi connectivity index (χ2n) is 11.7. The molecule has 3 rings (SSSR count). The number of ketones is 1. The molecule has 3 fully saturated rings. The smallest absolute Gasteiger partial charge is 0.316 e. The lowest BCUT2D eigenvalue weighted by atomic mass is 9.43. The third kappa shape index (κ3) is 4.64. The van der Waals surface area contributed by atoms with Crippen LogP contribution in [0.25, 0.3) is 0 Å². The SMILES string of the molecule is C=C[C@]1(C)C[C@H](OC(=O)CSCCN(CC)CC)[C@@]2(C)CC[C@H](C)[C@@]3(CCC(=O)[C@H]23)[C@H](C)[C@@H]1O. The van der Waals surface area contributed by atoms with Crippen LogP contribution >= 0.6 is 11.8 Å². The Morgan fingerprint density at radius 2 is 1.94 bits per heavy atom. The summed E-state index contributed by atoms with van der Waals surface area (Å²) >= 11 is 1.61. The molecule has 194 valence electrons. The third-order valence-corrected chi connectivity index (χ3v) is 11.0. The van der Waals surface area contributed by atoms with Crippen LogP contribution in [0.4, 0.5) is 0 Å². The Balaban J connectivity index is 1.87. The summed E-state index contributed by atoms with van der Waals surface area (Å²) in [4.78, 5) is 28.8. The van der Waals surface area contributed by atoms with Crippen molar-refractivity contribution < 1.29 is 19.4 Å². The van der Waals surface area contributed by atoms with Crippen molar-refractivity contribution in [1.82, 2.24) is 4.90 Å². The molecule has 2 bridgehead atoms. The average molecular weight is 494 g/mol. The van der Waals surface area contributed by atoms with E-state index in [1.165, 1.54) is 0 Å². The van der Waals surface area contributed by atoms with Crippen LogP contribution < -0.4 is 0 Å². The summed E-state index contributed by atoms with van der Waals surface area (Å²) in [5.74, 6) is 1.45. The number of nitrogens with zero attached hydrogens (tertiary/aromatic N) is 1. The van der Waals surface area contributed by atoms with E-state index in [1.54, 1.807) is 11.8 Å². The molecule has 1 N–H and O–H groups in total. The first kappa shape index (κ1) is 27.7. The Labute approximate surface area is 211 Å². The Hall–Kier alpha value is -0.850. The van der Waals surface area contributed by atoms with E-state index in [-0.39, 0.29) is 23.2 Å². The maximum absolute atomic E-state index is 13.4. The lowest BCUT2D eigenvalue weighted by molar-refractivity contribution is -0.203. The van der Waals surface area contributed by atoms with Gasteiger partial charge in [0.15, 0.2) is 0 Å². The minimum atomic E-state index is -0.631. The molecule has 0 unspecified atom stereocenters. The van der Waals surface area contributed by atoms with E-state index in [2.05, 4.69) is 46.1 Å². The molecule has 5 nitrogen and oxygen atoms in total. The zero-order chi connectivity index (χ0) is 25.3. The number of rotatable bonds is 9. The Morgan fingerprint density at radius 3 is 2.56 bits per heavy atom. The highest BCUT2D eigenvalue weighted by Gasteiger charge is 2.68. The number of hydrogen-bond acceptors (Lipinski definition) is 6. The van der Waals surface area contributed by atoms with E-state index >= 15 is 0 Å². The first-order valence-corrected chi connectivity index (χ1v) is 14.5. The van der Waals surface area contributed by atoms with Crippen molar-refractivity contribution in [3.05, 3.63) is 12.7 Å². The van der Waals surface area contributed by atoms with Crippen molar-refractivity contribution in [2.45, 2.75) is 85.9 Å². The summed E-state index contributed by atoms with van der Waals surface area (Å²) in [7, 11) is 0. The lowest BCUT2D eigenvalue weighted by Gasteiger charge is -2.62. The number of aliphatic hydroxyl groups is 1. The summed E-state index contributed by atoms with van der Waals surface area (Å²) in [6.07, 6.45) is 4.56. The molecule has 3 saturated carbocycles. The highest BCUT2D eigenvalue weighted by atomic mass is 32.2. The van der Waals surface area contributed by atoms with Crippen LogP contribution in [-0.2, 0) is 14.3 Å². The molecule has 0 radical (unpaired) electrons. The lowest BCUT2D eigenvalue weighted by Crippen LogP contribution is -2.63. The fraction of sp³-hybridized carbons (Fsp3) is 0.857. The molecule has 3 aliphatic carbocycles. The molecule has 0 saturated heterocycles. The molecule has 0 aliphatic heterocycles. The van der Waals surface area contributed by atoms with Crippen molar-refractivity contribution >= 4 is 23.5 Å². The highest BCUT2D eigenvalue weighted by Crippen LogP contribution is 2.68. The van der Waals surface area contributed by atoms with Crippen LogP contribution in [0.5, 0.6) is 0 Å². The first-order chi connectivity index (χ1) is 16.0. The largest absolute Gasteiger partial charge is 0.461 e. The normalized spacial score (nSPS) is 42.1. The van der Waals surface area contributed by atoms with Crippen molar-refractivity contribution in [3.63, 3.8) is 0 Å². The summed E-state index contributed by atoms with van der Waals surface area (Å²) in [6.45, 7) is 20.0. The third-order valence-electron chi connectivity index (χ3n) is 10.1. The molecule has 0 aromatic rings. The van der Waals surface area contributed by atoms with Gasteiger partial charge < -0.3 is 14.7 Å². The van der Waals surface area contributed by atoms with Gasteiger partial charge in [0, 0.05) is 35.5 Å². The van der Waals surface area contributed by atoms with Crippen molar-refractivity contribution in [2.75, 3.05) is 31.1 Å². The molecule has 0 spiro atoms. The molecule has 6 heteroatoms. The summed E-state index contributed by atoms with van der Waals surface area (Å²) < 4.78 is 6.26. The second-order valence-corrected chi connectivity index (χ2v) is 12.8. The number of ether oxygens (including phenoxy) is 1. The molecule has 8 atom stereocenters. The van der Waals surface area contributed by atoms with E-state index in [0.29, 0.717) is 30.3 Å². The monoisotopic (exact) mass is 493 g/mol. The number of hydrogen-bond donors (Lipinski definition) is 1. The van der Waals surface area contributed by atoms with Gasteiger partial charge in [0.05, 0.1) is 11.9 Å². The minimum Gasteiger partial charge on any atom is -0.461 e. The summed E-state index contributed by atoms with van der Waals surface area (Å²) in [5, 5.41) is 11.6. The van der Waals surface area contributed by atoms with Crippen molar-refractivity contribution in [3.8, 4) is 0 Å².